The number of halogens is 3. The Kier molecular flexibility index (Phi) is 56.9. The molecule has 29 heteroatoms. The van der Waals surface area contributed by atoms with Gasteiger partial charge in [0, 0.05) is 77.7 Å². The molecule has 6 heterocycles. The van der Waals surface area contributed by atoms with Crippen LogP contribution in [0.25, 0.3) is 132 Å². The van der Waals surface area contributed by atoms with Gasteiger partial charge in [-0.25, -0.2) is 4.98 Å². The number of fused-ring (bicyclic) bond motifs is 6. The summed E-state index contributed by atoms with van der Waals surface area (Å²) in [4.78, 5) is 115. The summed E-state index contributed by atoms with van der Waals surface area (Å²) in [5, 5.41) is 15.4. The maximum absolute atomic E-state index is 11.4. The summed E-state index contributed by atoms with van der Waals surface area (Å²) < 4.78 is 34.7. The number of aliphatic hydroxyl groups is 1. The topological polar surface area (TPSA) is 302 Å². The van der Waals surface area contributed by atoms with E-state index in [0.29, 0.717) is 67.6 Å². The van der Waals surface area contributed by atoms with Crippen molar-refractivity contribution < 1.29 is 265 Å². The van der Waals surface area contributed by atoms with Gasteiger partial charge in [0.25, 0.3) is 0 Å². The van der Waals surface area contributed by atoms with E-state index in [4.69, 9.17) is 20.4 Å². The van der Waals surface area contributed by atoms with E-state index in [0.717, 1.165) is 234 Å². The zero-order chi connectivity index (χ0) is 98.5. The van der Waals surface area contributed by atoms with Gasteiger partial charge in [0.15, 0.2) is 37.7 Å². The van der Waals surface area contributed by atoms with Crippen LogP contribution in [0.4, 0.5) is 0 Å². The predicted octanol–water partition coefficient (Wildman–Crippen LogP) is 12.6. The second-order valence-electron chi connectivity index (χ2n) is 30.7. The Bertz CT molecular complexity index is 7110. The average molecular weight is 2470 g/mol. The van der Waals surface area contributed by atoms with Gasteiger partial charge in [-0.15, -0.1) is 18.2 Å². The number of carbonyl (C=O) groups is 6. The van der Waals surface area contributed by atoms with Crippen LogP contribution in [0, 0.1) is 20.5 Å². The molecule has 0 saturated carbocycles. The summed E-state index contributed by atoms with van der Waals surface area (Å²) >= 11 is 4.98. The van der Waals surface area contributed by atoms with Gasteiger partial charge >= 0.3 is 278 Å². The SMILES string of the molecule is CCc1ccc(-c2cc(Br)c3nc(C)ccc3c2)cc1.CCc1ccc(-c2cc(C=O)c3nc(C)ccc3c2)cc1.CCc1ccc(-c2cc(C=O)c3nc(C=O)ccc3c2)cc1.CCc1ccc(-c2cc(C=O)c3nc([C-]=O)ccc3c2)cc1.CCc1ccc(-c2cc(C=O)c3nc([CH-]O)ccc3c2)cc1.O=[C-]c1ccc2cc(-c3ccc(CBr)cc3)cc(C=O)c2n1.O=[Se]=O.[Br-].[Mg+][Rb].[O]=[Mn]=[O].[Rb+].[Rb+].[Rb+]. The van der Waals surface area contributed by atoms with Crippen molar-refractivity contribution in [3.8, 4) is 66.8 Å². The Morgan fingerprint density at radius 3 is 0.830 bits per heavy atom. The van der Waals surface area contributed by atoms with Gasteiger partial charge in [-0.3, -0.25) is 53.7 Å². The molecule has 0 aliphatic carbocycles. The van der Waals surface area contributed by atoms with Crippen LogP contribution in [-0.2, 0) is 77.2 Å². The van der Waals surface area contributed by atoms with E-state index >= 15 is 0 Å². The molecule has 685 valence electrons. The summed E-state index contributed by atoms with van der Waals surface area (Å²) in [7, 11) is 2.07. The number of hydrogen-bond acceptors (Lipinski definition) is 19. The van der Waals surface area contributed by atoms with Crippen LogP contribution < -0.4 is 192 Å². The number of aryl methyl sites for hydroxylation is 7. The number of hydrogen-bond donors (Lipinski definition) is 1. The Balaban J connectivity index is 0.000000254. The normalized spacial score (nSPS) is 10.0. The van der Waals surface area contributed by atoms with Gasteiger partial charge in [-0.05, 0) is 269 Å². The fourth-order valence-corrected chi connectivity index (χ4v) is 15.8. The molecule has 0 bridgehead atoms. The number of aldehydes is 6. The van der Waals surface area contributed by atoms with Crippen molar-refractivity contribution in [2.24, 2.45) is 0 Å². The zero-order valence-corrected chi connectivity index (χ0v) is 108. The summed E-state index contributed by atoms with van der Waals surface area (Å²) in [5.41, 5.74) is 30.2. The molecule has 141 heavy (non-hydrogen) atoms. The van der Waals surface area contributed by atoms with Crippen molar-refractivity contribution in [3.63, 3.8) is 0 Å². The Morgan fingerprint density at radius 2 is 0.567 bits per heavy atom. The molecule has 0 saturated heterocycles. The van der Waals surface area contributed by atoms with Gasteiger partial charge in [0.2, 0.25) is 0 Å². The third kappa shape index (κ3) is 35.1. The van der Waals surface area contributed by atoms with Crippen molar-refractivity contribution in [3.05, 3.63) is 398 Å². The first-order valence-electron chi connectivity index (χ1n) is 43.6. The summed E-state index contributed by atoms with van der Waals surface area (Å²) in [6.45, 7) is 15.6. The zero-order valence-electron chi connectivity index (χ0n) is 79.7. The van der Waals surface area contributed by atoms with Crippen LogP contribution in [0.15, 0.2) is 296 Å². The number of aromatic nitrogens is 6. The van der Waals surface area contributed by atoms with E-state index in [-0.39, 0.29) is 203 Å². The van der Waals surface area contributed by atoms with Gasteiger partial charge in [0.1, 0.15) is 5.69 Å². The van der Waals surface area contributed by atoms with E-state index in [2.05, 4.69) is 257 Å². The maximum atomic E-state index is 11.4. The second kappa shape index (κ2) is 64.9. The smallest absolute Gasteiger partial charge is 1.00 e. The summed E-state index contributed by atoms with van der Waals surface area (Å²) in [6, 6.07) is 95.9. The van der Waals surface area contributed by atoms with Crippen molar-refractivity contribution >= 4 is 220 Å². The molecule has 0 unspecified atom stereocenters. The first kappa shape index (κ1) is 124. The van der Waals surface area contributed by atoms with Crippen LogP contribution in [0.1, 0.15) is 159 Å². The van der Waals surface area contributed by atoms with Crippen LogP contribution in [0.5, 0.6) is 0 Å². The monoisotopic (exact) mass is 2460 g/mol. The van der Waals surface area contributed by atoms with E-state index in [1.807, 2.05) is 105 Å². The maximum Gasteiger partial charge on any atom is 1.00 e. The first-order valence-corrected chi connectivity index (χ1v) is 59.7. The van der Waals surface area contributed by atoms with E-state index in [9.17, 15) is 38.4 Å². The molecule has 19 nitrogen and oxygen atoms in total. The molecule has 12 aromatic carbocycles. The molecule has 0 spiro atoms. The molecule has 18 rings (SSSR count). The number of alkyl halides is 1. The fourth-order valence-electron chi connectivity index (χ4n) is 14.9. The predicted molar refractivity (Wildman–Crippen MR) is 547 cm³/mol. The van der Waals surface area contributed by atoms with Gasteiger partial charge in [-0.2, -0.15) is 18.2 Å². The largest absolute Gasteiger partial charge is 1.00 e. The molecule has 18 aromatic rings. The minimum Gasteiger partial charge on any atom is 1.00 e. The molecule has 6 aromatic heterocycles. The van der Waals surface area contributed by atoms with E-state index in [1.54, 1.807) is 61.1 Å². The van der Waals surface area contributed by atoms with E-state index < -0.39 is 29.6 Å². The number of nitrogens with zero attached hydrogens (tertiary/aromatic N) is 6. The molecule has 0 atom stereocenters. The number of carbonyl (C=O) groups excluding carboxylic acids is 8. The minimum absolute atomic E-state index is 0. The Hall–Kier alpha value is -6.04. The Labute approximate surface area is 1050 Å². The fraction of sp³-hybridized carbons (Fsp3) is 0.116. The number of pyridine rings is 6. The second-order valence-corrected chi connectivity index (χ2v) is 32.6. The molecule has 1 N–H and O–H groups in total. The van der Waals surface area contributed by atoms with Crippen molar-refractivity contribution in [2.45, 2.75) is 85.9 Å². The van der Waals surface area contributed by atoms with Crippen LogP contribution in [0.2, 0.25) is 0 Å². The Morgan fingerprint density at radius 1 is 0.333 bits per heavy atom. The third-order valence-electron chi connectivity index (χ3n) is 22.2. The van der Waals surface area contributed by atoms with Crippen LogP contribution >= 0.6 is 31.9 Å². The summed E-state index contributed by atoms with van der Waals surface area (Å²) in [5.74, 6) is 0. The molecular formula is C112H89Br3MgMnN6O13Rb4Se. The molecule has 0 aliphatic heterocycles. The van der Waals surface area contributed by atoms with Crippen molar-refractivity contribution in [1.82, 2.24) is 29.9 Å². The average Bonchev–Trinajstić information content (AvgIpc) is 0.806. The molecule has 0 amide bonds. The molecule has 0 aliphatic rings. The van der Waals surface area contributed by atoms with Gasteiger partial charge < -0.3 is 31.7 Å². The van der Waals surface area contributed by atoms with E-state index in [1.165, 1.54) is 49.9 Å². The van der Waals surface area contributed by atoms with Crippen molar-refractivity contribution in [2.75, 3.05) is 0 Å². The first-order chi connectivity index (χ1) is 66.7. The van der Waals surface area contributed by atoms with Crippen LogP contribution in [-0.4, -0.2) is 158 Å². The third-order valence-corrected chi connectivity index (χ3v) is 23.4. The molecule has 0 radical (unpaired) electrons. The summed E-state index contributed by atoms with van der Waals surface area (Å²) in [6.07, 6.45) is 13.3. The van der Waals surface area contributed by atoms with Crippen LogP contribution in [0.3, 0.4) is 0 Å². The van der Waals surface area contributed by atoms with Crippen molar-refractivity contribution in [1.29, 1.82) is 0 Å². The van der Waals surface area contributed by atoms with Gasteiger partial charge in [0.05, 0.1) is 33.1 Å². The molecule has 0 fully saturated rings. The number of rotatable bonds is 21. The minimum atomic E-state index is -1.62. The number of benzene rings is 12. The van der Waals surface area contributed by atoms with Gasteiger partial charge in [-0.1, -0.05) is 238 Å². The number of aliphatic hydroxyl groups excluding tert-OH is 1. The quantitative estimate of drug-likeness (QED) is 0.0302. The standard InChI is InChI=1S/C19H16NO2.C19H15NO2.C19H14NO2.C19H17NO.C18H11BrNO2.C18H16BrN.BrH.Mg.Mn.O2Se.2O.4Rb/c3*1-2-13-3-5-14(6-4-13)16-9-15-7-8-18(12-22)20-19(15)17(10-16)11-21;1-3-14-5-8-15(9-6-14)17-10-16-7-4-13(2)20-19(16)18(11-17)12-21;19-9-12-1-3-13(4-2-12)15-7-14-5-6-17(11-22)20-18(14)16(8-15)10-21;1-3-13-5-8-14(9-6-13)16-10-15-7-4-12(2)20-18(15)17(19)11-16;;;;1-3-2;;;;;;/h3-12,22H,2H2,1H3;3-12H,2H2,1H3;3-11H,2H2,1H3;4-12H,3H2,1-2H3;1-8,10H,9H2;4-11H,3H2,1-2H3;1H;;;;;;;;;/q-1;;-1;;-1;;;+1;;;;;;3*+1/p-1. The molecular weight excluding hydrogens is 2380 g/mol.